The summed E-state index contributed by atoms with van der Waals surface area (Å²) in [5.74, 6) is 0.458. The lowest BCUT2D eigenvalue weighted by molar-refractivity contribution is -0.385. The Kier molecular flexibility index (Phi) is 5.76. The number of aryl methyl sites for hydroxylation is 1. The topological polar surface area (TPSA) is 72.7 Å². The van der Waals surface area contributed by atoms with Gasteiger partial charge in [-0.25, -0.2) is 0 Å². The molecule has 0 aliphatic rings. The number of hydrogen-bond donors (Lipinski definition) is 0. The fraction of sp³-hybridized carbons (Fsp3) is 0.235. The van der Waals surface area contributed by atoms with Crippen molar-refractivity contribution in [1.29, 1.82) is 0 Å². The smallest absolute Gasteiger partial charge is 0.272 e. The standard InChI is InChI=1S/C17H17ClN2O4/c1-12-11-13(3-8-16(12)20(22)23)17(21)19(2)9-10-24-15-6-4-14(18)5-7-15/h3-8,11H,9-10H2,1-2H3. The second kappa shape index (κ2) is 7.79. The summed E-state index contributed by atoms with van der Waals surface area (Å²) in [5, 5.41) is 11.4. The molecule has 0 atom stereocenters. The molecule has 0 N–H and O–H groups in total. The van der Waals surface area contributed by atoms with E-state index >= 15 is 0 Å². The summed E-state index contributed by atoms with van der Waals surface area (Å²) in [4.78, 5) is 24.2. The normalized spacial score (nSPS) is 10.3. The van der Waals surface area contributed by atoms with Gasteiger partial charge in [-0.05, 0) is 43.3 Å². The van der Waals surface area contributed by atoms with Crippen LogP contribution in [0.1, 0.15) is 15.9 Å². The van der Waals surface area contributed by atoms with Crippen molar-refractivity contribution in [3.8, 4) is 5.75 Å². The maximum atomic E-state index is 12.3. The van der Waals surface area contributed by atoms with E-state index in [4.69, 9.17) is 16.3 Å². The Balaban J connectivity index is 1.93. The van der Waals surface area contributed by atoms with Gasteiger partial charge in [0.25, 0.3) is 11.6 Å². The minimum atomic E-state index is -0.465. The molecule has 0 heterocycles. The van der Waals surface area contributed by atoms with Crippen LogP contribution in [0.3, 0.4) is 0 Å². The van der Waals surface area contributed by atoms with Gasteiger partial charge in [0.1, 0.15) is 12.4 Å². The van der Waals surface area contributed by atoms with Gasteiger partial charge in [-0.2, -0.15) is 0 Å². The average Bonchev–Trinajstić information content (AvgIpc) is 2.55. The summed E-state index contributed by atoms with van der Waals surface area (Å²) in [6.45, 7) is 2.33. The van der Waals surface area contributed by atoms with E-state index in [1.165, 1.54) is 23.1 Å². The lowest BCUT2D eigenvalue weighted by Crippen LogP contribution is -2.30. The Morgan fingerprint density at radius 2 is 1.92 bits per heavy atom. The first-order chi connectivity index (χ1) is 11.4. The van der Waals surface area contributed by atoms with Crippen LogP contribution in [0.5, 0.6) is 5.75 Å². The maximum Gasteiger partial charge on any atom is 0.272 e. The first-order valence-corrected chi connectivity index (χ1v) is 7.65. The molecule has 0 unspecified atom stereocenters. The predicted molar refractivity (Wildman–Crippen MR) is 91.7 cm³/mol. The van der Waals surface area contributed by atoms with Crippen molar-refractivity contribution in [2.45, 2.75) is 6.92 Å². The van der Waals surface area contributed by atoms with Crippen molar-refractivity contribution in [3.63, 3.8) is 0 Å². The number of amides is 1. The highest BCUT2D eigenvalue weighted by molar-refractivity contribution is 6.30. The van der Waals surface area contributed by atoms with Crippen LogP contribution in [-0.4, -0.2) is 35.9 Å². The van der Waals surface area contributed by atoms with Gasteiger partial charge in [-0.15, -0.1) is 0 Å². The Labute approximate surface area is 144 Å². The van der Waals surface area contributed by atoms with Crippen LogP contribution in [0.2, 0.25) is 5.02 Å². The van der Waals surface area contributed by atoms with Crippen LogP contribution < -0.4 is 4.74 Å². The number of nitro benzene ring substituents is 1. The molecule has 0 aromatic heterocycles. The van der Waals surface area contributed by atoms with Gasteiger partial charge in [0, 0.05) is 29.3 Å². The Hall–Kier alpha value is -2.60. The summed E-state index contributed by atoms with van der Waals surface area (Å²) in [7, 11) is 1.66. The Morgan fingerprint density at radius 3 is 2.50 bits per heavy atom. The SMILES string of the molecule is Cc1cc(C(=O)N(C)CCOc2ccc(Cl)cc2)ccc1[N+](=O)[O-]. The molecule has 24 heavy (non-hydrogen) atoms. The summed E-state index contributed by atoms with van der Waals surface area (Å²) >= 11 is 5.80. The highest BCUT2D eigenvalue weighted by Crippen LogP contribution is 2.19. The number of rotatable bonds is 6. The van der Waals surface area contributed by atoms with Crippen molar-refractivity contribution in [2.75, 3.05) is 20.2 Å². The largest absolute Gasteiger partial charge is 0.492 e. The zero-order chi connectivity index (χ0) is 17.7. The van der Waals surface area contributed by atoms with Crippen LogP contribution in [-0.2, 0) is 0 Å². The van der Waals surface area contributed by atoms with E-state index in [0.29, 0.717) is 35.1 Å². The molecule has 1 amide bonds. The molecule has 0 aliphatic heterocycles. The molecular weight excluding hydrogens is 332 g/mol. The number of ether oxygens (including phenoxy) is 1. The van der Waals surface area contributed by atoms with Gasteiger partial charge >= 0.3 is 0 Å². The number of nitrogens with zero attached hydrogens (tertiary/aromatic N) is 2. The van der Waals surface area contributed by atoms with E-state index in [0.717, 1.165) is 0 Å². The van der Waals surface area contributed by atoms with Crippen molar-refractivity contribution in [3.05, 3.63) is 68.7 Å². The fourth-order valence-corrected chi connectivity index (χ4v) is 2.27. The van der Waals surface area contributed by atoms with E-state index in [1.54, 1.807) is 38.2 Å². The van der Waals surface area contributed by atoms with Crippen LogP contribution in [0, 0.1) is 17.0 Å². The van der Waals surface area contributed by atoms with E-state index in [-0.39, 0.29) is 11.6 Å². The number of carbonyl (C=O) groups is 1. The molecule has 0 saturated heterocycles. The van der Waals surface area contributed by atoms with Crippen molar-refractivity contribution >= 4 is 23.2 Å². The highest BCUT2D eigenvalue weighted by Gasteiger charge is 2.16. The van der Waals surface area contributed by atoms with Crippen LogP contribution >= 0.6 is 11.6 Å². The van der Waals surface area contributed by atoms with Crippen molar-refractivity contribution in [2.24, 2.45) is 0 Å². The van der Waals surface area contributed by atoms with Crippen LogP contribution in [0.25, 0.3) is 0 Å². The molecule has 0 spiro atoms. The first kappa shape index (κ1) is 17.7. The van der Waals surface area contributed by atoms with Gasteiger partial charge in [0.15, 0.2) is 0 Å². The summed E-state index contributed by atoms with van der Waals surface area (Å²) in [5.41, 5.74) is 0.865. The van der Waals surface area contributed by atoms with Gasteiger partial charge < -0.3 is 9.64 Å². The number of halogens is 1. The average molecular weight is 349 g/mol. The van der Waals surface area contributed by atoms with Gasteiger partial charge in [-0.1, -0.05) is 11.6 Å². The molecule has 2 aromatic carbocycles. The zero-order valence-electron chi connectivity index (χ0n) is 13.4. The molecule has 0 fully saturated rings. The maximum absolute atomic E-state index is 12.3. The number of carbonyl (C=O) groups excluding carboxylic acids is 1. The molecule has 2 rings (SSSR count). The number of likely N-dealkylation sites (N-methyl/N-ethyl adjacent to an activating group) is 1. The first-order valence-electron chi connectivity index (χ1n) is 7.27. The molecule has 126 valence electrons. The quantitative estimate of drug-likeness (QED) is 0.589. The summed E-state index contributed by atoms with van der Waals surface area (Å²) < 4.78 is 5.55. The third kappa shape index (κ3) is 4.45. The summed E-state index contributed by atoms with van der Waals surface area (Å²) in [6, 6.07) is 11.3. The third-order valence-electron chi connectivity index (χ3n) is 3.50. The lowest BCUT2D eigenvalue weighted by atomic mass is 10.1. The molecule has 0 bridgehead atoms. The molecule has 6 nitrogen and oxygen atoms in total. The van der Waals surface area contributed by atoms with Gasteiger partial charge in [-0.3, -0.25) is 14.9 Å². The van der Waals surface area contributed by atoms with Gasteiger partial charge in [0.2, 0.25) is 0 Å². The second-order valence-electron chi connectivity index (χ2n) is 5.29. The van der Waals surface area contributed by atoms with Crippen LogP contribution in [0.4, 0.5) is 5.69 Å². The van der Waals surface area contributed by atoms with Crippen molar-refractivity contribution in [1.82, 2.24) is 4.90 Å². The highest BCUT2D eigenvalue weighted by atomic mass is 35.5. The predicted octanol–water partition coefficient (Wildman–Crippen LogP) is 3.71. The molecule has 0 radical (unpaired) electrons. The lowest BCUT2D eigenvalue weighted by Gasteiger charge is -2.18. The molecule has 7 heteroatoms. The summed E-state index contributed by atoms with van der Waals surface area (Å²) in [6.07, 6.45) is 0. The monoisotopic (exact) mass is 348 g/mol. The molecule has 0 saturated carbocycles. The van der Waals surface area contributed by atoms with E-state index in [9.17, 15) is 14.9 Å². The minimum Gasteiger partial charge on any atom is -0.492 e. The minimum absolute atomic E-state index is 0.000254. The Bertz CT molecular complexity index is 747. The number of hydrogen-bond acceptors (Lipinski definition) is 4. The number of nitro groups is 1. The van der Waals surface area contributed by atoms with E-state index in [2.05, 4.69) is 0 Å². The molecular formula is C17H17ClN2O4. The molecule has 0 aliphatic carbocycles. The number of benzene rings is 2. The van der Waals surface area contributed by atoms with E-state index in [1.807, 2.05) is 0 Å². The zero-order valence-corrected chi connectivity index (χ0v) is 14.1. The van der Waals surface area contributed by atoms with Gasteiger partial charge in [0.05, 0.1) is 11.5 Å². The third-order valence-corrected chi connectivity index (χ3v) is 3.75. The molecule has 2 aromatic rings. The second-order valence-corrected chi connectivity index (χ2v) is 5.72. The fourth-order valence-electron chi connectivity index (χ4n) is 2.15. The van der Waals surface area contributed by atoms with E-state index < -0.39 is 4.92 Å². The Morgan fingerprint density at radius 1 is 1.25 bits per heavy atom. The van der Waals surface area contributed by atoms with Crippen LogP contribution in [0.15, 0.2) is 42.5 Å². The van der Waals surface area contributed by atoms with Crippen molar-refractivity contribution < 1.29 is 14.5 Å².